The van der Waals surface area contributed by atoms with Crippen molar-refractivity contribution in [3.8, 4) is 0 Å². The van der Waals surface area contributed by atoms with E-state index in [4.69, 9.17) is 0 Å². The minimum Gasteiger partial charge on any atom is -0.267 e. The molecule has 0 aliphatic heterocycles. The zero-order chi connectivity index (χ0) is 20.1. The molecule has 0 bridgehead atoms. The monoisotopic (exact) mass is 478 g/mol. The van der Waals surface area contributed by atoms with Crippen molar-refractivity contribution >= 4 is 48.9 Å². The maximum atomic E-state index is 12.5. The predicted octanol–water partition coefficient (Wildman–Crippen LogP) is 3.56. The fraction of sp³-hybridized carbons (Fsp3) is 0.0526. The normalized spacial score (nSPS) is 11.0. The lowest BCUT2D eigenvalue weighted by Crippen LogP contribution is -2.41. The first-order chi connectivity index (χ1) is 13.3. The fourth-order valence-electron chi connectivity index (χ4n) is 2.42. The lowest BCUT2D eigenvalue weighted by atomic mass is 10.1. The molecule has 9 heteroatoms. The molecule has 0 radical (unpaired) electrons. The summed E-state index contributed by atoms with van der Waals surface area (Å²) in [5, 5.41) is 0. The molecule has 0 fully saturated rings. The van der Waals surface area contributed by atoms with Crippen molar-refractivity contribution in [1.82, 2.24) is 10.9 Å². The van der Waals surface area contributed by atoms with Crippen molar-refractivity contribution in [3.63, 3.8) is 0 Å². The lowest BCUT2D eigenvalue weighted by Gasteiger charge is -2.08. The van der Waals surface area contributed by atoms with Gasteiger partial charge in [-0.25, -0.2) is 8.42 Å². The zero-order valence-corrected chi connectivity index (χ0v) is 17.6. The molecule has 0 spiro atoms. The third kappa shape index (κ3) is 5.06. The molecule has 2 aromatic carbocycles. The summed E-state index contributed by atoms with van der Waals surface area (Å²) in [5.41, 5.74) is 5.39. The molecule has 0 aliphatic rings. The first-order valence-corrected chi connectivity index (χ1v) is 11.3. The van der Waals surface area contributed by atoms with Crippen LogP contribution >= 0.6 is 27.3 Å². The Hall–Kier alpha value is -2.49. The Balaban J connectivity index is 1.67. The minimum atomic E-state index is -3.52. The van der Waals surface area contributed by atoms with Crippen molar-refractivity contribution in [3.05, 3.63) is 86.5 Å². The number of thiophene rings is 1. The summed E-state index contributed by atoms with van der Waals surface area (Å²) in [7, 11) is -3.52. The van der Waals surface area contributed by atoms with Crippen molar-refractivity contribution in [2.45, 2.75) is 10.6 Å². The van der Waals surface area contributed by atoms with Crippen LogP contribution in [0.1, 0.15) is 25.6 Å². The topological polar surface area (TPSA) is 92.3 Å². The van der Waals surface area contributed by atoms with Crippen LogP contribution in [0.25, 0.3) is 0 Å². The van der Waals surface area contributed by atoms with Crippen LogP contribution in [-0.4, -0.2) is 20.2 Å². The van der Waals surface area contributed by atoms with Crippen LogP contribution in [0.4, 0.5) is 0 Å². The average molecular weight is 479 g/mol. The fourth-order valence-corrected chi connectivity index (χ4v) is 5.05. The standard InChI is InChI=1S/C19H15BrN2O4S2/c20-17-10-9-16(27-17)19(24)22-21-18(23)14-6-4-5-13(11-14)12-28(25,26)15-7-2-1-3-8-15/h1-11H,12H2,(H,21,23)(H,22,24). The minimum absolute atomic E-state index is 0.222. The molecule has 6 nitrogen and oxygen atoms in total. The highest BCUT2D eigenvalue weighted by Gasteiger charge is 2.16. The molecule has 3 aromatic rings. The summed E-state index contributed by atoms with van der Waals surface area (Å²) in [4.78, 5) is 24.9. The molecule has 3 rings (SSSR count). The molecule has 1 heterocycles. The first-order valence-electron chi connectivity index (χ1n) is 8.08. The van der Waals surface area contributed by atoms with Crippen LogP contribution < -0.4 is 10.9 Å². The second-order valence-electron chi connectivity index (χ2n) is 5.78. The van der Waals surface area contributed by atoms with Gasteiger partial charge in [-0.1, -0.05) is 30.3 Å². The van der Waals surface area contributed by atoms with E-state index in [0.29, 0.717) is 10.4 Å². The lowest BCUT2D eigenvalue weighted by molar-refractivity contribution is 0.0849. The van der Waals surface area contributed by atoms with E-state index in [1.807, 2.05) is 0 Å². The second-order valence-corrected chi connectivity index (χ2v) is 10.2. The van der Waals surface area contributed by atoms with Gasteiger partial charge in [0.1, 0.15) is 0 Å². The molecule has 0 saturated heterocycles. The van der Waals surface area contributed by atoms with Crippen molar-refractivity contribution in [2.24, 2.45) is 0 Å². The number of carbonyl (C=O) groups excluding carboxylic acids is 2. The van der Waals surface area contributed by atoms with E-state index in [9.17, 15) is 18.0 Å². The van der Waals surface area contributed by atoms with Gasteiger partial charge in [0.15, 0.2) is 9.84 Å². The van der Waals surface area contributed by atoms with E-state index < -0.39 is 21.7 Å². The van der Waals surface area contributed by atoms with Crippen LogP contribution in [0.15, 0.2) is 75.4 Å². The maximum absolute atomic E-state index is 12.5. The van der Waals surface area contributed by atoms with E-state index in [-0.39, 0.29) is 16.2 Å². The van der Waals surface area contributed by atoms with E-state index in [1.165, 1.54) is 29.5 Å². The Bertz CT molecular complexity index is 1110. The highest BCUT2D eigenvalue weighted by Crippen LogP contribution is 2.21. The van der Waals surface area contributed by atoms with Crippen LogP contribution in [0.3, 0.4) is 0 Å². The predicted molar refractivity (Wildman–Crippen MR) is 111 cm³/mol. The number of benzene rings is 2. The number of hydrogen-bond acceptors (Lipinski definition) is 5. The van der Waals surface area contributed by atoms with Gasteiger partial charge in [-0.15, -0.1) is 11.3 Å². The molecule has 2 N–H and O–H groups in total. The smallest absolute Gasteiger partial charge is 0.267 e. The Kier molecular flexibility index (Phi) is 6.28. The molecule has 144 valence electrons. The molecule has 0 aliphatic carbocycles. The quantitative estimate of drug-likeness (QED) is 0.548. The highest BCUT2D eigenvalue weighted by atomic mass is 79.9. The van der Waals surface area contributed by atoms with Gasteiger partial charge in [0.05, 0.1) is 19.3 Å². The Morgan fingerprint density at radius 2 is 1.61 bits per heavy atom. The van der Waals surface area contributed by atoms with Gasteiger partial charge in [-0.05, 0) is 57.9 Å². The molecular weight excluding hydrogens is 464 g/mol. The number of nitrogens with one attached hydrogen (secondary N) is 2. The van der Waals surface area contributed by atoms with Crippen LogP contribution in [0, 0.1) is 0 Å². The van der Waals surface area contributed by atoms with Gasteiger partial charge in [-0.3, -0.25) is 20.4 Å². The highest BCUT2D eigenvalue weighted by molar-refractivity contribution is 9.11. The summed E-state index contributed by atoms with van der Waals surface area (Å²) >= 11 is 4.50. The van der Waals surface area contributed by atoms with Crippen molar-refractivity contribution < 1.29 is 18.0 Å². The Labute approximate surface area is 174 Å². The Morgan fingerprint density at radius 3 is 2.29 bits per heavy atom. The molecule has 28 heavy (non-hydrogen) atoms. The maximum Gasteiger partial charge on any atom is 0.279 e. The number of carbonyl (C=O) groups is 2. The third-order valence-electron chi connectivity index (χ3n) is 3.73. The van der Waals surface area contributed by atoms with Gasteiger partial charge < -0.3 is 0 Å². The number of sulfone groups is 1. The number of hydrogen-bond donors (Lipinski definition) is 2. The third-order valence-corrected chi connectivity index (χ3v) is 7.06. The summed E-state index contributed by atoms with van der Waals surface area (Å²) in [5.74, 6) is -1.21. The summed E-state index contributed by atoms with van der Waals surface area (Å²) in [6.07, 6.45) is 0. The van der Waals surface area contributed by atoms with Gasteiger partial charge in [0, 0.05) is 5.56 Å². The van der Waals surface area contributed by atoms with Crippen LogP contribution in [0.2, 0.25) is 0 Å². The van der Waals surface area contributed by atoms with Crippen molar-refractivity contribution in [1.29, 1.82) is 0 Å². The van der Waals surface area contributed by atoms with Crippen molar-refractivity contribution in [2.75, 3.05) is 0 Å². The van der Waals surface area contributed by atoms with Gasteiger partial charge in [0.2, 0.25) is 0 Å². The van der Waals surface area contributed by atoms with E-state index in [1.54, 1.807) is 48.5 Å². The van der Waals surface area contributed by atoms with Gasteiger partial charge >= 0.3 is 0 Å². The number of rotatable bonds is 5. The summed E-state index contributed by atoms with van der Waals surface area (Å²) in [6.45, 7) is 0. The van der Waals surface area contributed by atoms with E-state index >= 15 is 0 Å². The zero-order valence-electron chi connectivity index (χ0n) is 14.4. The average Bonchev–Trinajstić information content (AvgIpc) is 3.13. The van der Waals surface area contributed by atoms with E-state index in [2.05, 4.69) is 26.8 Å². The molecule has 1 aromatic heterocycles. The largest absolute Gasteiger partial charge is 0.279 e. The second kappa shape index (κ2) is 8.68. The molecule has 0 atom stereocenters. The van der Waals surface area contributed by atoms with Gasteiger partial charge in [-0.2, -0.15) is 0 Å². The summed E-state index contributed by atoms with van der Waals surface area (Å²) < 4.78 is 25.8. The summed E-state index contributed by atoms with van der Waals surface area (Å²) in [6, 6.07) is 17.8. The first kappa shape index (κ1) is 20.2. The SMILES string of the molecule is O=C(NNC(=O)c1ccc(Br)s1)c1cccc(CS(=O)(=O)c2ccccc2)c1. The molecule has 0 saturated carbocycles. The van der Waals surface area contributed by atoms with Crippen LogP contribution in [-0.2, 0) is 15.6 Å². The Morgan fingerprint density at radius 1 is 0.893 bits per heavy atom. The molecule has 0 unspecified atom stereocenters. The number of hydrazine groups is 1. The number of amides is 2. The van der Waals surface area contributed by atoms with Crippen LogP contribution in [0.5, 0.6) is 0 Å². The molecule has 2 amide bonds. The molecular formula is C19H15BrN2O4S2. The number of halogens is 1. The van der Waals surface area contributed by atoms with Gasteiger partial charge in [0.25, 0.3) is 11.8 Å². The van der Waals surface area contributed by atoms with E-state index in [0.717, 1.165) is 3.79 Å².